The van der Waals surface area contributed by atoms with Gasteiger partial charge in [-0.1, -0.05) is 18.2 Å². The third-order valence-corrected chi connectivity index (χ3v) is 3.51. The highest BCUT2D eigenvalue weighted by Gasteiger charge is 2.36. The van der Waals surface area contributed by atoms with E-state index >= 15 is 0 Å². The van der Waals surface area contributed by atoms with E-state index in [0.29, 0.717) is 11.3 Å². The number of carbonyl (C=O) groups excluding carboxylic acids is 2. The first kappa shape index (κ1) is 14.9. The van der Waals surface area contributed by atoms with Gasteiger partial charge in [0.1, 0.15) is 17.3 Å². The Morgan fingerprint density at radius 3 is 2.26 bits per heavy atom. The van der Waals surface area contributed by atoms with Crippen molar-refractivity contribution in [1.82, 2.24) is 4.90 Å². The van der Waals surface area contributed by atoms with Crippen LogP contribution in [0.15, 0.2) is 54.2 Å². The molecule has 0 spiro atoms. The minimum absolute atomic E-state index is 0.0368. The quantitative estimate of drug-likeness (QED) is 0.886. The molecular weight excluding hydrogens is 302 g/mol. The normalized spacial score (nSPS) is 14.7. The predicted molar refractivity (Wildman–Crippen MR) is 81.1 cm³/mol. The summed E-state index contributed by atoms with van der Waals surface area (Å²) in [6, 6.07) is 10.8. The molecule has 1 heterocycles. The number of hydrogen-bond acceptors (Lipinski definition) is 3. The van der Waals surface area contributed by atoms with Crippen molar-refractivity contribution in [1.29, 1.82) is 0 Å². The van der Waals surface area contributed by atoms with E-state index in [1.807, 2.05) is 0 Å². The van der Waals surface area contributed by atoms with Crippen molar-refractivity contribution in [2.75, 3.05) is 12.4 Å². The number of rotatable bonds is 3. The minimum Gasteiger partial charge on any atom is -0.350 e. The summed E-state index contributed by atoms with van der Waals surface area (Å²) in [6.07, 6.45) is 0. The average molecular weight is 314 g/mol. The van der Waals surface area contributed by atoms with Crippen LogP contribution in [0.3, 0.4) is 0 Å². The number of carbonyl (C=O) groups is 2. The van der Waals surface area contributed by atoms with Gasteiger partial charge in [0.25, 0.3) is 11.8 Å². The molecule has 0 bridgehead atoms. The highest BCUT2D eigenvalue weighted by Crippen LogP contribution is 2.29. The van der Waals surface area contributed by atoms with Gasteiger partial charge in [0, 0.05) is 12.7 Å². The fraction of sp³-hybridized carbons (Fsp3) is 0.0588. The maximum Gasteiger partial charge on any atom is 0.277 e. The average Bonchev–Trinajstić information content (AvgIpc) is 2.73. The van der Waals surface area contributed by atoms with Crippen LogP contribution in [0, 0.1) is 11.6 Å². The fourth-order valence-corrected chi connectivity index (χ4v) is 2.35. The second kappa shape index (κ2) is 5.64. The molecule has 0 saturated carbocycles. The molecule has 1 N–H and O–H groups in total. The van der Waals surface area contributed by atoms with E-state index in [4.69, 9.17) is 0 Å². The van der Waals surface area contributed by atoms with Crippen molar-refractivity contribution in [3.05, 3.63) is 71.4 Å². The largest absolute Gasteiger partial charge is 0.350 e. The van der Waals surface area contributed by atoms with Gasteiger partial charge in [-0.2, -0.15) is 0 Å². The van der Waals surface area contributed by atoms with Crippen LogP contribution in [-0.2, 0) is 9.59 Å². The van der Waals surface area contributed by atoms with E-state index in [-0.39, 0.29) is 11.3 Å². The monoisotopic (exact) mass is 314 g/mol. The maximum atomic E-state index is 13.3. The zero-order valence-electron chi connectivity index (χ0n) is 12.1. The number of hydrogen-bond donors (Lipinski definition) is 1. The highest BCUT2D eigenvalue weighted by atomic mass is 19.1. The second-order valence-electron chi connectivity index (χ2n) is 5.06. The molecule has 1 aliphatic heterocycles. The molecule has 6 heteroatoms. The predicted octanol–water partition coefficient (Wildman–Crippen LogP) is 2.79. The Morgan fingerprint density at radius 2 is 1.61 bits per heavy atom. The summed E-state index contributed by atoms with van der Waals surface area (Å²) in [5.41, 5.74) is 0.917. The molecule has 0 fully saturated rings. The number of imide groups is 1. The van der Waals surface area contributed by atoms with Crippen LogP contribution >= 0.6 is 0 Å². The molecule has 0 atom stereocenters. The van der Waals surface area contributed by atoms with E-state index in [0.717, 1.165) is 4.90 Å². The van der Waals surface area contributed by atoms with Gasteiger partial charge in [-0.3, -0.25) is 14.5 Å². The number of nitrogens with zero attached hydrogens (tertiary/aromatic N) is 1. The Hall–Kier alpha value is -3.02. The molecule has 4 nitrogen and oxygen atoms in total. The molecule has 0 saturated heterocycles. The van der Waals surface area contributed by atoms with E-state index in [1.54, 1.807) is 6.07 Å². The van der Waals surface area contributed by atoms with Crippen molar-refractivity contribution in [2.24, 2.45) is 0 Å². The lowest BCUT2D eigenvalue weighted by Crippen LogP contribution is -2.27. The first-order valence-electron chi connectivity index (χ1n) is 6.82. The molecule has 0 radical (unpaired) electrons. The molecular formula is C17H12F2N2O2. The van der Waals surface area contributed by atoms with Gasteiger partial charge < -0.3 is 5.32 Å². The summed E-state index contributed by atoms with van der Waals surface area (Å²) in [7, 11) is 1.36. The summed E-state index contributed by atoms with van der Waals surface area (Å²) in [5.74, 6) is -1.94. The standard InChI is InChI=1S/C17H12F2N2O2/c1-21-16(22)14(10-5-7-11(18)8-6-10)15(17(21)23)20-13-4-2-3-12(19)9-13/h2-9,20H,1H3. The van der Waals surface area contributed by atoms with E-state index in [2.05, 4.69) is 5.32 Å². The van der Waals surface area contributed by atoms with E-state index < -0.39 is 23.4 Å². The van der Waals surface area contributed by atoms with Crippen LogP contribution in [0.4, 0.5) is 14.5 Å². The Bertz CT molecular complexity index is 829. The Balaban J connectivity index is 2.08. The number of anilines is 1. The van der Waals surface area contributed by atoms with Gasteiger partial charge in [-0.15, -0.1) is 0 Å². The van der Waals surface area contributed by atoms with Crippen molar-refractivity contribution in [3.8, 4) is 0 Å². The Labute approximate surface area is 131 Å². The van der Waals surface area contributed by atoms with Gasteiger partial charge in [0.15, 0.2) is 0 Å². The van der Waals surface area contributed by atoms with Crippen molar-refractivity contribution in [3.63, 3.8) is 0 Å². The number of halogens is 2. The summed E-state index contributed by atoms with van der Waals surface area (Å²) >= 11 is 0. The maximum absolute atomic E-state index is 13.3. The molecule has 23 heavy (non-hydrogen) atoms. The zero-order valence-corrected chi connectivity index (χ0v) is 12.1. The van der Waals surface area contributed by atoms with Crippen LogP contribution in [0.1, 0.15) is 5.56 Å². The lowest BCUT2D eigenvalue weighted by Gasteiger charge is -2.08. The molecule has 0 unspecified atom stereocenters. The van der Waals surface area contributed by atoms with Gasteiger partial charge in [-0.25, -0.2) is 8.78 Å². The van der Waals surface area contributed by atoms with Crippen LogP contribution in [-0.4, -0.2) is 23.8 Å². The van der Waals surface area contributed by atoms with Crippen LogP contribution < -0.4 is 5.32 Å². The van der Waals surface area contributed by atoms with Crippen molar-refractivity contribution in [2.45, 2.75) is 0 Å². The highest BCUT2D eigenvalue weighted by molar-refractivity contribution is 6.36. The van der Waals surface area contributed by atoms with E-state index in [9.17, 15) is 18.4 Å². The van der Waals surface area contributed by atoms with Crippen LogP contribution in [0.25, 0.3) is 5.57 Å². The summed E-state index contributed by atoms with van der Waals surface area (Å²) in [4.78, 5) is 25.5. The molecule has 3 rings (SSSR count). The SMILES string of the molecule is CN1C(=O)C(Nc2cccc(F)c2)=C(c2ccc(F)cc2)C1=O. The Kier molecular flexibility index (Phi) is 3.65. The van der Waals surface area contributed by atoms with Crippen LogP contribution in [0.5, 0.6) is 0 Å². The molecule has 2 amide bonds. The first-order chi connectivity index (χ1) is 11.0. The van der Waals surface area contributed by atoms with Crippen molar-refractivity contribution < 1.29 is 18.4 Å². The zero-order chi connectivity index (χ0) is 16.6. The van der Waals surface area contributed by atoms with Gasteiger partial charge in [0.2, 0.25) is 0 Å². The molecule has 0 aliphatic carbocycles. The van der Waals surface area contributed by atoms with Gasteiger partial charge in [0.05, 0.1) is 5.57 Å². The number of amides is 2. The molecule has 1 aliphatic rings. The Morgan fingerprint density at radius 1 is 0.913 bits per heavy atom. The summed E-state index contributed by atoms with van der Waals surface area (Å²) in [5, 5.41) is 2.79. The van der Waals surface area contributed by atoms with Gasteiger partial charge in [-0.05, 0) is 35.9 Å². The summed E-state index contributed by atoms with van der Waals surface area (Å²) < 4.78 is 26.4. The number of nitrogens with one attached hydrogen (secondary N) is 1. The molecule has 0 aromatic heterocycles. The first-order valence-corrected chi connectivity index (χ1v) is 6.82. The lowest BCUT2D eigenvalue weighted by atomic mass is 10.0. The third-order valence-electron chi connectivity index (χ3n) is 3.51. The lowest BCUT2D eigenvalue weighted by molar-refractivity contribution is -0.135. The van der Waals surface area contributed by atoms with Gasteiger partial charge >= 0.3 is 0 Å². The fourth-order valence-electron chi connectivity index (χ4n) is 2.35. The van der Waals surface area contributed by atoms with E-state index in [1.165, 1.54) is 49.5 Å². The minimum atomic E-state index is -0.529. The molecule has 116 valence electrons. The third kappa shape index (κ3) is 2.70. The second-order valence-corrected chi connectivity index (χ2v) is 5.06. The topological polar surface area (TPSA) is 49.4 Å². The smallest absolute Gasteiger partial charge is 0.277 e. The molecule has 2 aromatic rings. The van der Waals surface area contributed by atoms with Crippen LogP contribution in [0.2, 0.25) is 0 Å². The van der Waals surface area contributed by atoms with Crippen molar-refractivity contribution >= 4 is 23.1 Å². The number of likely N-dealkylation sites (N-methyl/N-ethyl adjacent to an activating group) is 1. The summed E-state index contributed by atoms with van der Waals surface area (Å²) in [6.45, 7) is 0. The number of benzene rings is 2. The molecule has 2 aromatic carbocycles.